The first-order valence-corrected chi connectivity index (χ1v) is 15.9. The number of benzene rings is 1. The normalized spacial score (nSPS) is 20.0. The Balaban J connectivity index is 1.27. The number of carbonyl (C=O) groups excluding carboxylic acids is 1. The number of nitrogen functional groups attached to an aromatic ring is 2. The maximum absolute atomic E-state index is 13.5. The Morgan fingerprint density at radius 1 is 0.930 bits per heavy atom. The molecule has 2 saturated heterocycles. The molecule has 6 heterocycles. The van der Waals surface area contributed by atoms with Crippen LogP contribution in [0.4, 0.5) is 11.6 Å². The molecule has 2 aliphatic heterocycles. The fourth-order valence-corrected chi connectivity index (χ4v) is 7.64. The third-order valence-corrected chi connectivity index (χ3v) is 9.67. The Labute approximate surface area is 247 Å². The molecule has 43 heavy (non-hydrogen) atoms. The summed E-state index contributed by atoms with van der Waals surface area (Å²) < 4.78 is 27.6. The van der Waals surface area contributed by atoms with Crippen molar-refractivity contribution in [3.63, 3.8) is 0 Å². The molecule has 4 N–H and O–H groups in total. The van der Waals surface area contributed by atoms with Crippen LogP contribution < -0.4 is 11.5 Å². The molecule has 4 aromatic heterocycles. The zero-order valence-corrected chi connectivity index (χ0v) is 24.1. The average molecular weight is 596 g/mol. The molecule has 2 fully saturated rings. The molecule has 218 valence electrons. The lowest BCUT2D eigenvalue weighted by atomic mass is 9.87. The third kappa shape index (κ3) is 4.56. The van der Waals surface area contributed by atoms with Crippen LogP contribution in [0.1, 0.15) is 47.7 Å². The van der Waals surface area contributed by atoms with Crippen molar-refractivity contribution in [2.45, 2.75) is 48.6 Å². The number of pyridine rings is 1. The Kier molecular flexibility index (Phi) is 6.34. The molecule has 0 spiro atoms. The smallest absolute Gasteiger partial charge is 0.259 e. The Morgan fingerprint density at radius 2 is 1.67 bits per heavy atom. The van der Waals surface area contributed by atoms with E-state index in [1.165, 1.54) is 17.0 Å². The number of nitrogens with two attached hydrogens (primary N) is 2. The molecule has 1 aromatic carbocycles. The van der Waals surface area contributed by atoms with Gasteiger partial charge in [-0.2, -0.15) is 9.61 Å². The van der Waals surface area contributed by atoms with E-state index in [0.29, 0.717) is 29.7 Å². The van der Waals surface area contributed by atoms with E-state index in [1.54, 1.807) is 12.4 Å². The average Bonchev–Trinajstić information content (AvgIpc) is 3.55. The molecular formula is C30H29N9O3S. The van der Waals surface area contributed by atoms with Crippen molar-refractivity contribution in [3.8, 4) is 22.4 Å². The number of sulfone groups is 1. The van der Waals surface area contributed by atoms with Gasteiger partial charge in [0.2, 0.25) is 0 Å². The lowest BCUT2D eigenvalue weighted by Gasteiger charge is -2.39. The predicted molar refractivity (Wildman–Crippen MR) is 161 cm³/mol. The number of nitrogens with zero attached hydrogens (tertiary/aromatic N) is 7. The van der Waals surface area contributed by atoms with Gasteiger partial charge in [-0.1, -0.05) is 36.4 Å². The maximum Gasteiger partial charge on any atom is 0.259 e. The highest BCUT2D eigenvalue weighted by Gasteiger charge is 2.46. The van der Waals surface area contributed by atoms with E-state index in [9.17, 15) is 13.2 Å². The first-order chi connectivity index (χ1) is 20.7. The monoisotopic (exact) mass is 595 g/mol. The highest BCUT2D eigenvalue weighted by molar-refractivity contribution is 7.91. The Morgan fingerprint density at radius 3 is 2.33 bits per heavy atom. The van der Waals surface area contributed by atoms with Gasteiger partial charge in [0.05, 0.1) is 17.6 Å². The molecule has 0 aliphatic carbocycles. The van der Waals surface area contributed by atoms with E-state index in [-0.39, 0.29) is 46.0 Å². The van der Waals surface area contributed by atoms with Crippen molar-refractivity contribution in [2.75, 3.05) is 17.7 Å². The van der Waals surface area contributed by atoms with E-state index in [2.05, 4.69) is 20.1 Å². The molecule has 2 atom stereocenters. The zero-order chi connectivity index (χ0) is 29.9. The summed E-state index contributed by atoms with van der Waals surface area (Å²) in [5, 5.41) is 4.42. The van der Waals surface area contributed by atoms with Crippen LogP contribution in [0.5, 0.6) is 0 Å². The Hall–Kier alpha value is -4.91. The van der Waals surface area contributed by atoms with Crippen LogP contribution in [-0.4, -0.2) is 67.1 Å². The van der Waals surface area contributed by atoms with E-state index in [4.69, 9.17) is 16.5 Å². The fourth-order valence-electron chi connectivity index (χ4n) is 6.59. The van der Waals surface area contributed by atoms with Crippen molar-refractivity contribution in [2.24, 2.45) is 0 Å². The molecule has 0 radical (unpaired) electrons. The molecule has 5 aromatic rings. The van der Waals surface area contributed by atoms with Gasteiger partial charge in [0.15, 0.2) is 15.5 Å². The molecule has 2 bridgehead atoms. The number of carbonyl (C=O) groups is 1. The second-order valence-electron chi connectivity index (χ2n) is 11.2. The summed E-state index contributed by atoms with van der Waals surface area (Å²) in [6.45, 7) is 0. The van der Waals surface area contributed by atoms with E-state index < -0.39 is 9.84 Å². The number of hydrogen-bond donors (Lipinski definition) is 2. The van der Waals surface area contributed by atoms with E-state index in [0.717, 1.165) is 35.9 Å². The number of aromatic nitrogens is 6. The summed E-state index contributed by atoms with van der Waals surface area (Å²) in [7, 11) is -3.76. The second-order valence-corrected chi connectivity index (χ2v) is 13.1. The lowest BCUT2D eigenvalue weighted by Crippen LogP contribution is -2.46. The van der Waals surface area contributed by atoms with Gasteiger partial charge >= 0.3 is 0 Å². The van der Waals surface area contributed by atoms with Crippen LogP contribution in [0.15, 0.2) is 72.3 Å². The fraction of sp³-hybridized carbons (Fsp3) is 0.267. The molecule has 13 heteroatoms. The van der Waals surface area contributed by atoms with Crippen molar-refractivity contribution < 1.29 is 13.2 Å². The molecule has 12 nitrogen and oxygen atoms in total. The SMILES string of the molecule is CS(=O)(=O)c1c(C2CC3CCC(C2)N3C(=O)c2cncnc2N)nc2c(-c3ccc(-c4ccccc4)nc3)cnn2c1N. The first kappa shape index (κ1) is 27.0. The predicted octanol–water partition coefficient (Wildman–Crippen LogP) is 3.37. The third-order valence-electron chi connectivity index (χ3n) is 8.51. The van der Waals surface area contributed by atoms with Gasteiger partial charge < -0.3 is 16.4 Å². The number of anilines is 2. The van der Waals surface area contributed by atoms with Crippen LogP contribution >= 0.6 is 0 Å². The number of piperidine rings is 1. The summed E-state index contributed by atoms with van der Waals surface area (Å²) in [6, 6.07) is 13.5. The standard InChI is InChI=1S/C30H29N9O3S/c1-43(41,42)26-25(19-11-20-8-9-21(12-19)38(20)30(40)23-14-33-16-35-27(23)31)37-29-22(15-36-39(29)28(26)32)18-7-10-24(34-13-18)17-5-3-2-4-6-17/h2-7,10,13-16,19-21H,8-9,11-12,32H2,1H3,(H2,31,33,35). The van der Waals surface area contributed by atoms with Gasteiger partial charge in [-0.15, -0.1) is 0 Å². The molecule has 1 amide bonds. The van der Waals surface area contributed by atoms with Gasteiger partial charge in [-0.05, 0) is 31.7 Å². The molecule has 2 aliphatic rings. The summed E-state index contributed by atoms with van der Waals surface area (Å²) in [4.78, 5) is 32.9. The zero-order valence-electron chi connectivity index (χ0n) is 23.3. The van der Waals surface area contributed by atoms with Crippen LogP contribution in [0.2, 0.25) is 0 Å². The second kappa shape index (κ2) is 10.1. The van der Waals surface area contributed by atoms with Crippen molar-refractivity contribution in [3.05, 3.63) is 78.6 Å². The van der Waals surface area contributed by atoms with Crippen molar-refractivity contribution >= 4 is 33.0 Å². The summed E-state index contributed by atoms with van der Waals surface area (Å²) in [5.41, 5.74) is 16.9. The Bertz CT molecular complexity index is 1960. The van der Waals surface area contributed by atoms with Gasteiger partial charge in [-0.25, -0.2) is 23.4 Å². The first-order valence-electron chi connectivity index (χ1n) is 14.0. The molecule has 2 unspecified atom stereocenters. The minimum atomic E-state index is -3.76. The van der Waals surface area contributed by atoms with Crippen LogP contribution in [0.3, 0.4) is 0 Å². The lowest BCUT2D eigenvalue weighted by molar-refractivity contribution is 0.0568. The van der Waals surface area contributed by atoms with Crippen LogP contribution in [0.25, 0.3) is 28.0 Å². The summed E-state index contributed by atoms with van der Waals surface area (Å²) >= 11 is 0. The minimum absolute atomic E-state index is 0.0164. The van der Waals surface area contributed by atoms with Gasteiger partial charge in [0, 0.05) is 53.3 Å². The quantitative estimate of drug-likeness (QED) is 0.306. The number of amides is 1. The van der Waals surface area contributed by atoms with Crippen molar-refractivity contribution in [1.29, 1.82) is 0 Å². The minimum Gasteiger partial charge on any atom is -0.383 e. The van der Waals surface area contributed by atoms with Gasteiger partial charge in [0.1, 0.15) is 28.4 Å². The number of fused-ring (bicyclic) bond motifs is 3. The number of rotatable bonds is 5. The van der Waals surface area contributed by atoms with Gasteiger partial charge in [0.25, 0.3) is 5.91 Å². The van der Waals surface area contributed by atoms with E-state index in [1.807, 2.05) is 47.4 Å². The van der Waals surface area contributed by atoms with Crippen molar-refractivity contribution in [1.82, 2.24) is 34.4 Å². The topological polar surface area (TPSA) is 175 Å². The highest BCUT2D eigenvalue weighted by Crippen LogP contribution is 2.46. The van der Waals surface area contributed by atoms with E-state index >= 15 is 0 Å². The van der Waals surface area contributed by atoms with Crippen LogP contribution in [0, 0.1) is 0 Å². The maximum atomic E-state index is 13.5. The highest BCUT2D eigenvalue weighted by atomic mass is 32.2. The molecule has 0 saturated carbocycles. The summed E-state index contributed by atoms with van der Waals surface area (Å²) in [6.07, 6.45) is 9.94. The summed E-state index contributed by atoms with van der Waals surface area (Å²) in [5.74, 6) is -0.285. The number of hydrogen-bond acceptors (Lipinski definition) is 10. The molecule has 7 rings (SSSR count). The largest absolute Gasteiger partial charge is 0.383 e. The van der Waals surface area contributed by atoms with Gasteiger partial charge in [-0.3, -0.25) is 9.78 Å². The van der Waals surface area contributed by atoms with Crippen LogP contribution in [-0.2, 0) is 9.84 Å². The molecular weight excluding hydrogens is 566 g/mol.